The van der Waals surface area contributed by atoms with Crippen molar-refractivity contribution in [1.29, 1.82) is 0 Å². The highest BCUT2D eigenvalue weighted by atomic mass is 19.1. The standard InChI is InChI=1S/C15H16F2N2/c1-10(18)11-6-7-15(14(17)8-11)19(2)13-5-3-4-12(16)9-13/h3-10H,18H2,1-2H3/t10-/m0/s1. The molecule has 0 bridgehead atoms. The maximum atomic E-state index is 14.1. The normalized spacial score (nSPS) is 12.3. The van der Waals surface area contributed by atoms with Gasteiger partial charge in [0.25, 0.3) is 0 Å². The third-order valence-electron chi connectivity index (χ3n) is 3.05. The molecule has 0 unspecified atom stereocenters. The zero-order valence-electron chi connectivity index (χ0n) is 10.9. The molecule has 2 rings (SSSR count). The smallest absolute Gasteiger partial charge is 0.147 e. The number of nitrogens with zero attached hydrogens (tertiary/aromatic N) is 1. The van der Waals surface area contributed by atoms with E-state index in [2.05, 4.69) is 0 Å². The molecular formula is C15H16F2N2. The third-order valence-corrected chi connectivity index (χ3v) is 3.05. The molecule has 0 saturated carbocycles. The van der Waals surface area contributed by atoms with Crippen LogP contribution >= 0.6 is 0 Å². The zero-order chi connectivity index (χ0) is 14.0. The van der Waals surface area contributed by atoms with E-state index in [4.69, 9.17) is 5.73 Å². The maximum absolute atomic E-state index is 14.1. The first kappa shape index (κ1) is 13.5. The van der Waals surface area contributed by atoms with Gasteiger partial charge >= 0.3 is 0 Å². The summed E-state index contributed by atoms with van der Waals surface area (Å²) in [6.45, 7) is 1.80. The van der Waals surface area contributed by atoms with Crippen LogP contribution in [0.4, 0.5) is 20.2 Å². The van der Waals surface area contributed by atoms with Gasteiger partial charge in [0.1, 0.15) is 11.6 Å². The van der Waals surface area contributed by atoms with Crippen LogP contribution in [0.2, 0.25) is 0 Å². The molecular weight excluding hydrogens is 246 g/mol. The van der Waals surface area contributed by atoms with Gasteiger partial charge in [-0.15, -0.1) is 0 Å². The Morgan fingerprint density at radius 2 is 1.84 bits per heavy atom. The summed E-state index contributed by atoms with van der Waals surface area (Å²) in [7, 11) is 1.69. The molecule has 2 aromatic carbocycles. The first-order valence-corrected chi connectivity index (χ1v) is 6.03. The van der Waals surface area contributed by atoms with E-state index < -0.39 is 0 Å². The fraction of sp³-hybridized carbons (Fsp3) is 0.200. The van der Waals surface area contributed by atoms with Crippen LogP contribution < -0.4 is 10.6 Å². The Bertz CT molecular complexity index is 582. The quantitative estimate of drug-likeness (QED) is 0.912. The zero-order valence-corrected chi connectivity index (χ0v) is 10.9. The minimum Gasteiger partial charge on any atom is -0.342 e. The van der Waals surface area contributed by atoms with Crippen LogP contribution in [0.25, 0.3) is 0 Å². The molecule has 2 aromatic rings. The van der Waals surface area contributed by atoms with Gasteiger partial charge in [-0.3, -0.25) is 0 Å². The Labute approximate surface area is 111 Å². The summed E-state index contributed by atoms with van der Waals surface area (Å²) < 4.78 is 27.2. The average molecular weight is 262 g/mol. The maximum Gasteiger partial charge on any atom is 0.147 e. The van der Waals surface area contributed by atoms with Gasteiger partial charge in [0.05, 0.1) is 5.69 Å². The molecule has 19 heavy (non-hydrogen) atoms. The van der Waals surface area contributed by atoms with Crippen LogP contribution in [0, 0.1) is 11.6 Å². The molecule has 0 aliphatic rings. The fourth-order valence-electron chi connectivity index (χ4n) is 1.90. The number of benzene rings is 2. The lowest BCUT2D eigenvalue weighted by Gasteiger charge is -2.21. The molecule has 2 N–H and O–H groups in total. The summed E-state index contributed by atoms with van der Waals surface area (Å²) in [6, 6.07) is 10.7. The van der Waals surface area contributed by atoms with Crippen molar-refractivity contribution in [1.82, 2.24) is 0 Å². The van der Waals surface area contributed by atoms with Crippen molar-refractivity contribution in [3.63, 3.8) is 0 Å². The molecule has 0 spiro atoms. The number of anilines is 2. The van der Waals surface area contributed by atoms with Crippen molar-refractivity contribution in [2.75, 3.05) is 11.9 Å². The summed E-state index contributed by atoms with van der Waals surface area (Å²) in [6.07, 6.45) is 0. The predicted octanol–water partition coefficient (Wildman–Crippen LogP) is 3.75. The second-order valence-electron chi connectivity index (χ2n) is 4.54. The molecule has 4 heteroatoms. The van der Waals surface area contributed by atoms with Crippen LogP contribution in [0.5, 0.6) is 0 Å². The van der Waals surface area contributed by atoms with Gasteiger partial charge in [0, 0.05) is 18.8 Å². The highest BCUT2D eigenvalue weighted by Gasteiger charge is 2.11. The van der Waals surface area contributed by atoms with E-state index in [9.17, 15) is 8.78 Å². The number of hydrogen-bond donors (Lipinski definition) is 1. The second-order valence-corrected chi connectivity index (χ2v) is 4.54. The molecule has 0 heterocycles. The molecule has 0 amide bonds. The van der Waals surface area contributed by atoms with Crippen LogP contribution in [-0.2, 0) is 0 Å². The van der Waals surface area contributed by atoms with E-state index in [-0.39, 0.29) is 17.7 Å². The van der Waals surface area contributed by atoms with Gasteiger partial charge < -0.3 is 10.6 Å². The van der Waals surface area contributed by atoms with Crippen LogP contribution in [0.1, 0.15) is 18.5 Å². The van der Waals surface area contributed by atoms with Gasteiger partial charge in [-0.2, -0.15) is 0 Å². The van der Waals surface area contributed by atoms with E-state index in [1.54, 1.807) is 43.1 Å². The summed E-state index contributed by atoms with van der Waals surface area (Å²) in [4.78, 5) is 1.60. The molecule has 1 atom stereocenters. The monoisotopic (exact) mass is 262 g/mol. The first-order valence-electron chi connectivity index (χ1n) is 6.03. The van der Waals surface area contributed by atoms with E-state index in [0.717, 1.165) is 5.56 Å². The lowest BCUT2D eigenvalue weighted by atomic mass is 10.1. The summed E-state index contributed by atoms with van der Waals surface area (Å²) in [5.74, 6) is -0.724. The van der Waals surface area contributed by atoms with Crippen molar-refractivity contribution in [3.05, 3.63) is 59.7 Å². The minimum atomic E-state index is -0.374. The Morgan fingerprint density at radius 1 is 1.11 bits per heavy atom. The topological polar surface area (TPSA) is 29.3 Å². The third kappa shape index (κ3) is 2.90. The lowest BCUT2D eigenvalue weighted by molar-refractivity contribution is 0.620. The number of nitrogens with two attached hydrogens (primary N) is 1. The van der Waals surface area contributed by atoms with Gasteiger partial charge in [-0.25, -0.2) is 8.78 Å². The molecule has 0 fully saturated rings. The minimum absolute atomic E-state index is 0.219. The van der Waals surface area contributed by atoms with E-state index in [1.165, 1.54) is 18.2 Å². The Balaban J connectivity index is 2.36. The number of hydrogen-bond acceptors (Lipinski definition) is 2. The van der Waals surface area contributed by atoms with Crippen molar-refractivity contribution in [3.8, 4) is 0 Å². The fourth-order valence-corrected chi connectivity index (χ4v) is 1.90. The molecule has 2 nitrogen and oxygen atoms in total. The van der Waals surface area contributed by atoms with E-state index in [1.807, 2.05) is 0 Å². The summed E-state index contributed by atoms with van der Waals surface area (Å²) >= 11 is 0. The SMILES string of the molecule is C[C@H](N)c1ccc(N(C)c2cccc(F)c2)c(F)c1. The highest BCUT2D eigenvalue weighted by Crippen LogP contribution is 2.28. The summed E-state index contributed by atoms with van der Waals surface area (Å²) in [5, 5.41) is 0. The Morgan fingerprint density at radius 3 is 2.42 bits per heavy atom. The Hall–Kier alpha value is -1.94. The van der Waals surface area contributed by atoms with E-state index in [0.29, 0.717) is 11.4 Å². The van der Waals surface area contributed by atoms with Gasteiger partial charge in [-0.1, -0.05) is 12.1 Å². The van der Waals surface area contributed by atoms with Crippen LogP contribution in [0.3, 0.4) is 0 Å². The summed E-state index contributed by atoms with van der Waals surface area (Å²) in [5.41, 5.74) is 7.41. The first-order chi connectivity index (χ1) is 8.99. The molecule has 100 valence electrons. The van der Waals surface area contributed by atoms with Gasteiger partial charge in [0.2, 0.25) is 0 Å². The van der Waals surface area contributed by atoms with Crippen molar-refractivity contribution in [2.24, 2.45) is 5.73 Å². The molecule has 0 aromatic heterocycles. The van der Waals surface area contributed by atoms with Crippen molar-refractivity contribution in [2.45, 2.75) is 13.0 Å². The van der Waals surface area contributed by atoms with Crippen molar-refractivity contribution >= 4 is 11.4 Å². The number of rotatable bonds is 3. The van der Waals surface area contributed by atoms with Crippen LogP contribution in [0.15, 0.2) is 42.5 Å². The van der Waals surface area contributed by atoms with Gasteiger partial charge in [-0.05, 0) is 42.8 Å². The molecule has 0 aliphatic carbocycles. The highest BCUT2D eigenvalue weighted by molar-refractivity contribution is 5.63. The molecule has 0 saturated heterocycles. The van der Waals surface area contributed by atoms with Crippen LogP contribution in [-0.4, -0.2) is 7.05 Å². The number of halogens is 2. The molecule has 0 aliphatic heterocycles. The lowest BCUT2D eigenvalue weighted by Crippen LogP contribution is -2.12. The average Bonchev–Trinajstić information content (AvgIpc) is 2.37. The van der Waals surface area contributed by atoms with Crippen molar-refractivity contribution < 1.29 is 8.78 Å². The van der Waals surface area contributed by atoms with E-state index >= 15 is 0 Å². The largest absolute Gasteiger partial charge is 0.342 e. The second kappa shape index (κ2) is 5.36. The molecule has 0 radical (unpaired) electrons. The Kier molecular flexibility index (Phi) is 3.81. The predicted molar refractivity (Wildman–Crippen MR) is 73.5 cm³/mol. The van der Waals surface area contributed by atoms with Gasteiger partial charge in [0.15, 0.2) is 0 Å².